The fourth-order valence-corrected chi connectivity index (χ4v) is 3.41. The Kier molecular flexibility index (Phi) is 3.54. The number of alkyl halides is 1. The van der Waals surface area contributed by atoms with E-state index in [0.717, 1.165) is 43.1 Å². The Bertz CT molecular complexity index is 494. The van der Waals surface area contributed by atoms with Gasteiger partial charge >= 0.3 is 0 Å². The summed E-state index contributed by atoms with van der Waals surface area (Å²) < 4.78 is 5.73. The van der Waals surface area contributed by atoms with E-state index in [1.54, 1.807) is 0 Å². The molecule has 1 aliphatic heterocycles. The van der Waals surface area contributed by atoms with Gasteiger partial charge in [0.2, 0.25) is 0 Å². The molecule has 0 radical (unpaired) electrons. The van der Waals surface area contributed by atoms with Gasteiger partial charge in [0, 0.05) is 11.4 Å². The van der Waals surface area contributed by atoms with E-state index in [-0.39, 0.29) is 5.38 Å². The molecular weight excluding hydrogens is 267 g/mol. The van der Waals surface area contributed by atoms with Crippen molar-refractivity contribution in [1.29, 1.82) is 0 Å². The van der Waals surface area contributed by atoms with Crippen LogP contribution >= 0.6 is 23.2 Å². The molecule has 0 fully saturated rings. The molecule has 3 rings (SSSR count). The van der Waals surface area contributed by atoms with Crippen molar-refractivity contribution in [3.8, 4) is 5.75 Å². The van der Waals surface area contributed by atoms with Crippen molar-refractivity contribution in [2.24, 2.45) is 0 Å². The molecule has 0 amide bonds. The van der Waals surface area contributed by atoms with Gasteiger partial charge in [0.1, 0.15) is 5.75 Å². The SMILES string of the molecule is Clc1cc2c(c(CC3=CC(Cl)CCC3)c1)OCC2. The number of ether oxygens (including phenoxy) is 1. The highest BCUT2D eigenvalue weighted by Crippen LogP contribution is 2.35. The van der Waals surface area contributed by atoms with Gasteiger partial charge in [-0.05, 0) is 48.9 Å². The maximum Gasteiger partial charge on any atom is 0.126 e. The Morgan fingerprint density at radius 2 is 2.17 bits per heavy atom. The number of hydrogen-bond acceptors (Lipinski definition) is 1. The Morgan fingerprint density at radius 3 is 3.00 bits per heavy atom. The minimum atomic E-state index is 0.196. The molecule has 0 N–H and O–H groups in total. The van der Waals surface area contributed by atoms with E-state index < -0.39 is 0 Å². The fraction of sp³-hybridized carbons (Fsp3) is 0.467. The van der Waals surface area contributed by atoms with Crippen LogP contribution in [0.15, 0.2) is 23.8 Å². The molecule has 1 heterocycles. The minimum Gasteiger partial charge on any atom is -0.493 e. The summed E-state index contributed by atoms with van der Waals surface area (Å²) in [6, 6.07) is 4.05. The van der Waals surface area contributed by atoms with Gasteiger partial charge in [-0.2, -0.15) is 0 Å². The predicted molar refractivity (Wildman–Crippen MR) is 75.9 cm³/mol. The molecule has 2 aliphatic rings. The molecule has 18 heavy (non-hydrogen) atoms. The summed E-state index contributed by atoms with van der Waals surface area (Å²) in [5.41, 5.74) is 3.88. The highest BCUT2D eigenvalue weighted by molar-refractivity contribution is 6.30. The lowest BCUT2D eigenvalue weighted by molar-refractivity contribution is 0.353. The summed E-state index contributed by atoms with van der Waals surface area (Å²) in [5.74, 6) is 1.05. The van der Waals surface area contributed by atoms with Crippen LogP contribution in [0.5, 0.6) is 5.75 Å². The first kappa shape index (κ1) is 12.4. The van der Waals surface area contributed by atoms with E-state index in [2.05, 4.69) is 6.08 Å². The van der Waals surface area contributed by atoms with Crippen LogP contribution in [0.2, 0.25) is 5.02 Å². The molecule has 0 aromatic heterocycles. The highest BCUT2D eigenvalue weighted by Gasteiger charge is 2.19. The number of halogens is 2. The van der Waals surface area contributed by atoms with Crippen molar-refractivity contribution in [2.45, 2.75) is 37.5 Å². The van der Waals surface area contributed by atoms with Crippen LogP contribution in [0.25, 0.3) is 0 Å². The second-order valence-electron chi connectivity index (χ2n) is 5.06. The smallest absolute Gasteiger partial charge is 0.126 e. The molecule has 0 bridgehead atoms. The Labute approximate surface area is 118 Å². The fourth-order valence-electron chi connectivity index (χ4n) is 2.82. The van der Waals surface area contributed by atoms with Crippen LogP contribution in [-0.4, -0.2) is 12.0 Å². The lowest BCUT2D eigenvalue weighted by Gasteiger charge is -2.17. The van der Waals surface area contributed by atoms with E-state index in [1.807, 2.05) is 12.1 Å². The van der Waals surface area contributed by atoms with Crippen LogP contribution in [0.3, 0.4) is 0 Å². The molecule has 1 unspecified atom stereocenters. The number of benzene rings is 1. The normalized spacial score (nSPS) is 22.3. The van der Waals surface area contributed by atoms with E-state index in [0.29, 0.717) is 0 Å². The largest absolute Gasteiger partial charge is 0.493 e. The van der Waals surface area contributed by atoms with Gasteiger partial charge < -0.3 is 4.74 Å². The monoisotopic (exact) mass is 282 g/mol. The van der Waals surface area contributed by atoms with E-state index in [1.165, 1.54) is 23.1 Å². The van der Waals surface area contributed by atoms with Crippen LogP contribution in [0, 0.1) is 0 Å². The predicted octanol–water partition coefficient (Wildman–Crippen LogP) is 4.54. The lowest BCUT2D eigenvalue weighted by Crippen LogP contribution is -2.05. The average molecular weight is 283 g/mol. The molecule has 1 aromatic rings. The van der Waals surface area contributed by atoms with Gasteiger partial charge in [-0.15, -0.1) is 11.6 Å². The van der Waals surface area contributed by atoms with Gasteiger partial charge in [-0.3, -0.25) is 0 Å². The van der Waals surface area contributed by atoms with Gasteiger partial charge in [-0.25, -0.2) is 0 Å². The second-order valence-corrected chi connectivity index (χ2v) is 6.06. The lowest BCUT2D eigenvalue weighted by atomic mass is 9.93. The summed E-state index contributed by atoms with van der Waals surface area (Å²) >= 11 is 12.4. The first-order valence-electron chi connectivity index (χ1n) is 6.50. The van der Waals surface area contributed by atoms with Crippen molar-refractivity contribution in [1.82, 2.24) is 0 Å². The molecule has 1 aliphatic carbocycles. The van der Waals surface area contributed by atoms with Crippen LogP contribution in [0.4, 0.5) is 0 Å². The molecule has 1 nitrogen and oxygen atoms in total. The van der Waals surface area contributed by atoms with Crippen molar-refractivity contribution in [3.05, 3.63) is 39.9 Å². The van der Waals surface area contributed by atoms with Crippen LogP contribution in [0.1, 0.15) is 30.4 Å². The zero-order valence-corrected chi connectivity index (χ0v) is 11.7. The van der Waals surface area contributed by atoms with Crippen molar-refractivity contribution in [2.75, 3.05) is 6.61 Å². The average Bonchev–Trinajstić information content (AvgIpc) is 2.77. The summed E-state index contributed by atoms with van der Waals surface area (Å²) in [6.07, 6.45) is 7.52. The molecule has 0 spiro atoms. The topological polar surface area (TPSA) is 9.23 Å². The Balaban J connectivity index is 1.89. The van der Waals surface area contributed by atoms with E-state index in [4.69, 9.17) is 27.9 Å². The molecule has 96 valence electrons. The summed E-state index contributed by atoms with van der Waals surface area (Å²) in [7, 11) is 0. The number of rotatable bonds is 2. The van der Waals surface area contributed by atoms with Gasteiger partial charge in [-0.1, -0.05) is 23.3 Å². The third-order valence-electron chi connectivity index (χ3n) is 3.64. The van der Waals surface area contributed by atoms with Crippen LogP contribution < -0.4 is 4.74 Å². The quantitative estimate of drug-likeness (QED) is 0.572. The van der Waals surface area contributed by atoms with Gasteiger partial charge in [0.25, 0.3) is 0 Å². The highest BCUT2D eigenvalue weighted by atomic mass is 35.5. The summed E-state index contributed by atoms with van der Waals surface area (Å²) in [4.78, 5) is 0. The first-order valence-corrected chi connectivity index (χ1v) is 7.31. The Morgan fingerprint density at radius 1 is 1.28 bits per heavy atom. The van der Waals surface area contributed by atoms with E-state index in [9.17, 15) is 0 Å². The van der Waals surface area contributed by atoms with Crippen molar-refractivity contribution >= 4 is 23.2 Å². The zero-order chi connectivity index (χ0) is 12.5. The molecule has 1 atom stereocenters. The molecule has 1 aromatic carbocycles. The van der Waals surface area contributed by atoms with E-state index >= 15 is 0 Å². The third kappa shape index (κ3) is 2.53. The Hall–Kier alpha value is -0.660. The maximum atomic E-state index is 6.19. The molecule has 3 heteroatoms. The molecular formula is C15H16Cl2O. The van der Waals surface area contributed by atoms with Gasteiger partial charge in [0.05, 0.1) is 12.0 Å². The second kappa shape index (κ2) is 5.14. The maximum absolute atomic E-state index is 6.19. The third-order valence-corrected chi connectivity index (χ3v) is 4.20. The molecule has 0 saturated heterocycles. The van der Waals surface area contributed by atoms with Crippen molar-refractivity contribution in [3.63, 3.8) is 0 Å². The van der Waals surface area contributed by atoms with Gasteiger partial charge in [0.15, 0.2) is 0 Å². The zero-order valence-electron chi connectivity index (χ0n) is 10.2. The first-order chi connectivity index (χ1) is 8.72. The minimum absolute atomic E-state index is 0.196. The molecule has 0 saturated carbocycles. The number of fused-ring (bicyclic) bond motifs is 1. The number of hydrogen-bond donors (Lipinski definition) is 0. The number of allylic oxidation sites excluding steroid dienone is 2. The summed E-state index contributed by atoms with van der Waals surface area (Å²) in [5, 5.41) is 1.01. The van der Waals surface area contributed by atoms with Crippen molar-refractivity contribution < 1.29 is 4.74 Å². The standard InChI is InChI=1S/C15H16Cl2O/c16-13-3-1-2-10(7-13)6-12-9-14(17)8-11-4-5-18-15(11)12/h7-9,13H,1-6H2. The van der Waals surface area contributed by atoms with Crippen LogP contribution in [-0.2, 0) is 12.8 Å². The summed E-state index contributed by atoms with van der Waals surface area (Å²) in [6.45, 7) is 0.778.